The van der Waals surface area contributed by atoms with Crippen LogP contribution in [-0.2, 0) is 6.54 Å². The number of aliphatic hydroxyl groups is 1. The van der Waals surface area contributed by atoms with Gasteiger partial charge in [0.25, 0.3) is 0 Å². The van der Waals surface area contributed by atoms with E-state index in [4.69, 9.17) is 4.74 Å². The van der Waals surface area contributed by atoms with Crippen LogP contribution < -0.4 is 10.1 Å². The quantitative estimate of drug-likeness (QED) is 0.878. The number of hydrogen-bond acceptors (Lipinski definition) is 3. The van der Waals surface area contributed by atoms with Gasteiger partial charge in [0.15, 0.2) is 0 Å². The molecule has 2 N–H and O–H groups in total. The SMILES string of the molecule is CC(C)(C)NCc1ccc(OC2CCCC2O)c(Br)c1. The predicted octanol–water partition coefficient (Wildman–Crippen LogP) is 3.63. The molecular weight excluding hydrogens is 318 g/mol. The van der Waals surface area contributed by atoms with Gasteiger partial charge in [-0.2, -0.15) is 0 Å². The fourth-order valence-corrected chi connectivity index (χ4v) is 2.84. The van der Waals surface area contributed by atoms with Crippen LogP contribution in [0.5, 0.6) is 5.75 Å². The number of halogens is 1. The zero-order valence-electron chi connectivity index (χ0n) is 12.4. The minimum atomic E-state index is -0.330. The molecule has 0 radical (unpaired) electrons. The Morgan fingerprint density at radius 3 is 2.65 bits per heavy atom. The molecular formula is C16H24BrNO2. The average Bonchev–Trinajstić information content (AvgIpc) is 2.75. The zero-order valence-corrected chi connectivity index (χ0v) is 14.0. The topological polar surface area (TPSA) is 41.5 Å². The van der Waals surface area contributed by atoms with Gasteiger partial charge < -0.3 is 15.2 Å². The first-order valence-electron chi connectivity index (χ1n) is 7.23. The van der Waals surface area contributed by atoms with Gasteiger partial charge in [0, 0.05) is 12.1 Å². The summed E-state index contributed by atoms with van der Waals surface area (Å²) in [4.78, 5) is 0. The maximum atomic E-state index is 9.82. The van der Waals surface area contributed by atoms with Crippen molar-refractivity contribution in [1.29, 1.82) is 0 Å². The zero-order chi connectivity index (χ0) is 14.8. The Hall–Kier alpha value is -0.580. The minimum absolute atomic E-state index is 0.0650. The second-order valence-corrected chi connectivity index (χ2v) is 7.38. The Kier molecular flexibility index (Phi) is 5.10. The molecule has 3 nitrogen and oxygen atoms in total. The average molecular weight is 342 g/mol. The lowest BCUT2D eigenvalue weighted by Crippen LogP contribution is -2.35. The van der Waals surface area contributed by atoms with E-state index in [0.717, 1.165) is 36.0 Å². The summed E-state index contributed by atoms with van der Waals surface area (Å²) >= 11 is 3.56. The van der Waals surface area contributed by atoms with Gasteiger partial charge >= 0.3 is 0 Å². The van der Waals surface area contributed by atoms with Gasteiger partial charge in [0.05, 0.1) is 10.6 Å². The smallest absolute Gasteiger partial charge is 0.134 e. The first-order chi connectivity index (χ1) is 9.35. The summed E-state index contributed by atoms with van der Waals surface area (Å²) < 4.78 is 6.85. The second-order valence-electron chi connectivity index (χ2n) is 6.52. The van der Waals surface area contributed by atoms with Gasteiger partial charge in [0.2, 0.25) is 0 Å². The van der Waals surface area contributed by atoms with Crippen molar-refractivity contribution in [3.05, 3.63) is 28.2 Å². The third kappa shape index (κ3) is 4.47. The Labute approximate surface area is 129 Å². The molecule has 1 aliphatic carbocycles. The van der Waals surface area contributed by atoms with Crippen LogP contribution in [0, 0.1) is 0 Å². The number of ether oxygens (including phenoxy) is 1. The van der Waals surface area contributed by atoms with E-state index in [-0.39, 0.29) is 17.7 Å². The first-order valence-corrected chi connectivity index (χ1v) is 8.02. The second kappa shape index (κ2) is 6.46. The summed E-state index contributed by atoms with van der Waals surface area (Å²) in [5, 5.41) is 13.3. The van der Waals surface area contributed by atoms with Crippen molar-refractivity contribution in [3.63, 3.8) is 0 Å². The molecule has 0 saturated heterocycles. The van der Waals surface area contributed by atoms with Crippen molar-refractivity contribution in [3.8, 4) is 5.75 Å². The Morgan fingerprint density at radius 1 is 1.35 bits per heavy atom. The number of benzene rings is 1. The van der Waals surface area contributed by atoms with Gasteiger partial charge in [-0.1, -0.05) is 6.07 Å². The van der Waals surface area contributed by atoms with E-state index in [1.807, 2.05) is 6.07 Å². The molecule has 2 rings (SSSR count). The highest BCUT2D eigenvalue weighted by molar-refractivity contribution is 9.10. The summed E-state index contributed by atoms with van der Waals surface area (Å²) in [6.45, 7) is 7.29. The number of nitrogens with one attached hydrogen (secondary N) is 1. The summed E-state index contributed by atoms with van der Waals surface area (Å²) in [5.41, 5.74) is 1.32. The maximum absolute atomic E-state index is 9.82. The molecule has 2 atom stereocenters. The van der Waals surface area contributed by atoms with Gasteiger partial charge in [0.1, 0.15) is 11.9 Å². The van der Waals surface area contributed by atoms with Crippen LogP contribution in [0.3, 0.4) is 0 Å². The van der Waals surface area contributed by atoms with E-state index in [9.17, 15) is 5.11 Å². The standard InChI is InChI=1S/C16H24BrNO2/c1-16(2,3)18-10-11-7-8-14(12(17)9-11)20-15-6-4-5-13(15)19/h7-9,13,15,18-19H,4-6,10H2,1-3H3. The van der Waals surface area contributed by atoms with Gasteiger partial charge in [-0.25, -0.2) is 0 Å². The normalized spacial score (nSPS) is 23.1. The molecule has 4 heteroatoms. The summed E-state index contributed by atoms with van der Waals surface area (Å²) in [6, 6.07) is 6.13. The molecule has 1 aromatic carbocycles. The molecule has 1 aromatic rings. The largest absolute Gasteiger partial charge is 0.487 e. The van der Waals surface area contributed by atoms with Crippen molar-refractivity contribution in [2.24, 2.45) is 0 Å². The Balaban J connectivity index is 1.98. The molecule has 0 aliphatic heterocycles. The molecule has 0 bridgehead atoms. The van der Waals surface area contributed by atoms with Gasteiger partial charge in [-0.05, 0) is 73.7 Å². The Bertz CT molecular complexity index is 456. The number of rotatable bonds is 4. The van der Waals surface area contributed by atoms with Crippen LogP contribution in [0.1, 0.15) is 45.6 Å². The van der Waals surface area contributed by atoms with E-state index in [0.29, 0.717) is 0 Å². The summed E-state index contributed by atoms with van der Waals surface area (Å²) in [7, 11) is 0. The highest BCUT2D eigenvalue weighted by Gasteiger charge is 2.27. The third-order valence-corrected chi connectivity index (χ3v) is 4.13. The lowest BCUT2D eigenvalue weighted by molar-refractivity contribution is 0.0599. The fourth-order valence-electron chi connectivity index (χ4n) is 2.32. The van der Waals surface area contributed by atoms with Crippen LogP contribution in [0.15, 0.2) is 22.7 Å². The van der Waals surface area contributed by atoms with E-state index in [1.54, 1.807) is 0 Å². The molecule has 1 aliphatic rings. The monoisotopic (exact) mass is 341 g/mol. The first kappa shape index (κ1) is 15.8. The van der Waals surface area contributed by atoms with Crippen LogP contribution >= 0.6 is 15.9 Å². The van der Waals surface area contributed by atoms with Crippen LogP contribution in [0.2, 0.25) is 0 Å². The van der Waals surface area contributed by atoms with Crippen LogP contribution in [0.25, 0.3) is 0 Å². The van der Waals surface area contributed by atoms with E-state index < -0.39 is 0 Å². The number of hydrogen-bond donors (Lipinski definition) is 2. The van der Waals surface area contributed by atoms with E-state index in [1.165, 1.54) is 5.56 Å². The van der Waals surface area contributed by atoms with E-state index >= 15 is 0 Å². The highest BCUT2D eigenvalue weighted by Crippen LogP contribution is 2.31. The van der Waals surface area contributed by atoms with Crippen molar-refractivity contribution in [1.82, 2.24) is 5.32 Å². The van der Waals surface area contributed by atoms with Crippen LogP contribution in [0.4, 0.5) is 0 Å². The van der Waals surface area contributed by atoms with E-state index in [2.05, 4.69) is 54.2 Å². The molecule has 20 heavy (non-hydrogen) atoms. The summed E-state index contributed by atoms with van der Waals surface area (Å²) in [6.07, 6.45) is 2.42. The van der Waals surface area contributed by atoms with Crippen molar-refractivity contribution < 1.29 is 9.84 Å². The van der Waals surface area contributed by atoms with Crippen molar-refractivity contribution >= 4 is 15.9 Å². The lowest BCUT2D eigenvalue weighted by atomic mass is 10.1. The van der Waals surface area contributed by atoms with Gasteiger partial charge in [-0.3, -0.25) is 0 Å². The highest BCUT2D eigenvalue weighted by atomic mass is 79.9. The Morgan fingerprint density at radius 2 is 2.10 bits per heavy atom. The molecule has 0 spiro atoms. The van der Waals surface area contributed by atoms with Gasteiger partial charge in [-0.15, -0.1) is 0 Å². The minimum Gasteiger partial charge on any atom is -0.487 e. The molecule has 1 saturated carbocycles. The molecule has 0 amide bonds. The fraction of sp³-hybridized carbons (Fsp3) is 0.625. The molecule has 112 valence electrons. The predicted molar refractivity (Wildman–Crippen MR) is 85.0 cm³/mol. The number of aliphatic hydroxyl groups excluding tert-OH is 1. The third-order valence-electron chi connectivity index (χ3n) is 3.52. The van der Waals surface area contributed by atoms with Crippen LogP contribution in [-0.4, -0.2) is 22.9 Å². The molecule has 2 unspecified atom stereocenters. The maximum Gasteiger partial charge on any atom is 0.134 e. The molecule has 0 heterocycles. The lowest BCUT2D eigenvalue weighted by Gasteiger charge is -2.21. The molecule has 1 fully saturated rings. The van der Waals surface area contributed by atoms with Crippen molar-refractivity contribution in [2.45, 2.75) is 64.3 Å². The summed E-state index contributed by atoms with van der Waals surface area (Å²) in [5.74, 6) is 0.815. The van der Waals surface area contributed by atoms with Crippen molar-refractivity contribution in [2.75, 3.05) is 0 Å². The molecule has 0 aromatic heterocycles.